The maximum atomic E-state index is 5.76. The highest BCUT2D eigenvalue weighted by Crippen LogP contribution is 2.16. The minimum atomic E-state index is -1.91. The predicted octanol–water partition coefficient (Wildman–Crippen LogP) is 0.809. The van der Waals surface area contributed by atoms with Gasteiger partial charge in [-0.15, -0.1) is 0 Å². The molecular weight excluding hydrogens is 196 g/mol. The summed E-state index contributed by atoms with van der Waals surface area (Å²) in [5.41, 5.74) is 10.8. The van der Waals surface area contributed by atoms with Crippen molar-refractivity contribution in [1.82, 2.24) is 0 Å². The van der Waals surface area contributed by atoms with Crippen molar-refractivity contribution in [2.75, 3.05) is 26.8 Å². The smallest absolute Gasteiger partial charge is 0.334 e. The van der Waals surface area contributed by atoms with Gasteiger partial charge in [-0.1, -0.05) is 6.42 Å². The summed E-state index contributed by atoms with van der Waals surface area (Å²) in [6, 6.07) is 1.02. The number of unbranched alkanes of at least 4 members (excludes halogenated alkanes) is 1. The molecule has 4 nitrogen and oxygen atoms in total. The number of hydrogen-bond donors (Lipinski definition) is 2. The van der Waals surface area contributed by atoms with E-state index < -0.39 is 8.56 Å². The van der Waals surface area contributed by atoms with Gasteiger partial charge in [0.25, 0.3) is 0 Å². The van der Waals surface area contributed by atoms with Crippen LogP contribution in [0, 0.1) is 0 Å². The molecule has 0 rings (SSSR count). The lowest BCUT2D eigenvalue weighted by molar-refractivity contribution is 0.202. The molecule has 0 aliphatic heterocycles. The van der Waals surface area contributed by atoms with E-state index in [0.29, 0.717) is 6.54 Å². The van der Waals surface area contributed by atoms with Crippen molar-refractivity contribution in [3.05, 3.63) is 0 Å². The van der Waals surface area contributed by atoms with Crippen molar-refractivity contribution < 1.29 is 8.85 Å². The van der Waals surface area contributed by atoms with Crippen molar-refractivity contribution in [3.8, 4) is 0 Å². The molecule has 0 amide bonds. The third kappa shape index (κ3) is 6.50. The van der Waals surface area contributed by atoms with Gasteiger partial charge >= 0.3 is 8.56 Å². The lowest BCUT2D eigenvalue weighted by atomic mass is 10.3. The third-order valence-corrected chi connectivity index (χ3v) is 5.21. The molecule has 0 radical (unpaired) electrons. The van der Waals surface area contributed by atoms with E-state index in [0.717, 1.165) is 38.5 Å². The zero-order valence-corrected chi connectivity index (χ0v) is 10.4. The van der Waals surface area contributed by atoms with Crippen molar-refractivity contribution in [2.45, 2.75) is 31.9 Å². The molecule has 86 valence electrons. The second kappa shape index (κ2) is 8.37. The monoisotopic (exact) mass is 220 g/mol. The molecule has 0 heterocycles. The first kappa shape index (κ1) is 14.1. The number of nitrogens with two attached hydrogens (primary N) is 2. The Balaban J connectivity index is 3.67. The third-order valence-electron chi connectivity index (χ3n) is 2.27. The molecular formula is C9H24N2O2Si. The largest absolute Gasteiger partial charge is 0.398 e. The maximum absolute atomic E-state index is 5.76. The van der Waals surface area contributed by atoms with Crippen LogP contribution in [0.5, 0.6) is 0 Å². The van der Waals surface area contributed by atoms with Crippen molar-refractivity contribution in [2.24, 2.45) is 11.5 Å². The summed E-state index contributed by atoms with van der Waals surface area (Å²) < 4.78 is 11.2. The van der Waals surface area contributed by atoms with Gasteiger partial charge in [0.15, 0.2) is 0 Å². The summed E-state index contributed by atoms with van der Waals surface area (Å²) in [5.74, 6) is 0. The summed E-state index contributed by atoms with van der Waals surface area (Å²) in [6.45, 7) is 4.24. The zero-order valence-electron chi connectivity index (χ0n) is 9.42. The summed E-state index contributed by atoms with van der Waals surface area (Å²) in [6.07, 6.45) is 3.05. The van der Waals surface area contributed by atoms with Crippen molar-refractivity contribution >= 4 is 8.56 Å². The van der Waals surface area contributed by atoms with E-state index in [4.69, 9.17) is 20.3 Å². The Hall–Kier alpha value is 0.0569. The normalized spacial score (nSPS) is 15.4. The van der Waals surface area contributed by atoms with Crippen LogP contribution in [0.2, 0.25) is 12.6 Å². The Morgan fingerprint density at radius 3 is 2.21 bits per heavy atom. The number of hydrogen-bond acceptors (Lipinski definition) is 4. The van der Waals surface area contributed by atoms with Crippen LogP contribution in [0.4, 0.5) is 0 Å². The molecule has 0 aromatic rings. The highest BCUT2D eigenvalue weighted by molar-refractivity contribution is 6.65. The van der Waals surface area contributed by atoms with E-state index in [1.165, 1.54) is 0 Å². The van der Waals surface area contributed by atoms with Crippen LogP contribution in [0.1, 0.15) is 19.3 Å². The highest BCUT2D eigenvalue weighted by Gasteiger charge is 2.28. The van der Waals surface area contributed by atoms with E-state index in [9.17, 15) is 0 Å². The van der Waals surface area contributed by atoms with Gasteiger partial charge in [-0.2, -0.15) is 0 Å². The first-order valence-corrected chi connectivity index (χ1v) is 7.80. The van der Waals surface area contributed by atoms with E-state index >= 15 is 0 Å². The van der Waals surface area contributed by atoms with Crippen LogP contribution in [0.3, 0.4) is 0 Å². The van der Waals surface area contributed by atoms with Gasteiger partial charge in [-0.25, -0.2) is 0 Å². The summed E-state index contributed by atoms with van der Waals surface area (Å²) >= 11 is 0. The van der Waals surface area contributed by atoms with Crippen LogP contribution >= 0.6 is 0 Å². The molecule has 0 bridgehead atoms. The molecule has 0 saturated heterocycles. The second-order valence-electron chi connectivity index (χ2n) is 3.57. The SMILES string of the molecule is CO[Si](C)(CCCCN)OCCCN. The van der Waals surface area contributed by atoms with E-state index in [2.05, 4.69) is 6.55 Å². The van der Waals surface area contributed by atoms with E-state index in [-0.39, 0.29) is 0 Å². The fourth-order valence-electron chi connectivity index (χ4n) is 1.20. The van der Waals surface area contributed by atoms with E-state index in [1.807, 2.05) is 0 Å². The Morgan fingerprint density at radius 1 is 1.07 bits per heavy atom. The molecule has 0 fully saturated rings. The molecule has 0 aromatic carbocycles. The zero-order chi connectivity index (χ0) is 10.9. The maximum Gasteiger partial charge on any atom is 0.334 e. The Kier molecular flexibility index (Phi) is 8.41. The fraction of sp³-hybridized carbons (Fsp3) is 1.00. The van der Waals surface area contributed by atoms with E-state index in [1.54, 1.807) is 7.11 Å². The first-order chi connectivity index (χ1) is 6.68. The molecule has 0 saturated carbocycles. The van der Waals surface area contributed by atoms with Gasteiger partial charge in [-0.05, 0) is 38.5 Å². The predicted molar refractivity (Wildman–Crippen MR) is 61.3 cm³/mol. The molecule has 0 spiro atoms. The molecule has 0 aromatic heterocycles. The highest BCUT2D eigenvalue weighted by atomic mass is 28.4. The standard InChI is InChI=1S/C9H24N2O2Si/c1-12-14(2,9-4-3-6-10)13-8-5-7-11/h3-11H2,1-2H3. The number of rotatable bonds is 9. The van der Waals surface area contributed by atoms with Crippen LogP contribution in [-0.2, 0) is 8.85 Å². The summed E-state index contributed by atoms with van der Waals surface area (Å²) in [4.78, 5) is 0. The van der Waals surface area contributed by atoms with Gasteiger partial charge in [0.1, 0.15) is 0 Å². The molecule has 1 atom stereocenters. The van der Waals surface area contributed by atoms with Crippen molar-refractivity contribution in [3.63, 3.8) is 0 Å². The summed E-state index contributed by atoms with van der Waals surface area (Å²) in [5, 5.41) is 0. The van der Waals surface area contributed by atoms with Crippen LogP contribution in [-0.4, -0.2) is 35.4 Å². The Morgan fingerprint density at radius 2 is 1.71 bits per heavy atom. The van der Waals surface area contributed by atoms with Crippen LogP contribution < -0.4 is 11.5 Å². The van der Waals surface area contributed by atoms with Gasteiger partial charge in [0, 0.05) is 13.7 Å². The molecule has 5 heteroatoms. The molecule has 0 aliphatic rings. The fourth-order valence-corrected chi connectivity index (χ4v) is 3.13. The van der Waals surface area contributed by atoms with Gasteiger partial charge in [-0.3, -0.25) is 0 Å². The Labute approximate surface area is 88.2 Å². The molecule has 0 aliphatic carbocycles. The van der Waals surface area contributed by atoms with Gasteiger partial charge < -0.3 is 20.3 Å². The first-order valence-electron chi connectivity index (χ1n) is 5.28. The minimum absolute atomic E-state index is 0.678. The molecule has 4 N–H and O–H groups in total. The van der Waals surface area contributed by atoms with Crippen LogP contribution in [0.25, 0.3) is 0 Å². The molecule has 14 heavy (non-hydrogen) atoms. The molecule has 1 unspecified atom stereocenters. The van der Waals surface area contributed by atoms with Gasteiger partial charge in [0.05, 0.1) is 0 Å². The average molecular weight is 220 g/mol. The van der Waals surface area contributed by atoms with Crippen LogP contribution in [0.15, 0.2) is 0 Å². The minimum Gasteiger partial charge on any atom is -0.398 e. The van der Waals surface area contributed by atoms with Gasteiger partial charge in [0.2, 0.25) is 0 Å². The topological polar surface area (TPSA) is 70.5 Å². The Bertz CT molecular complexity index is 126. The lowest BCUT2D eigenvalue weighted by Crippen LogP contribution is -2.38. The average Bonchev–Trinajstić information content (AvgIpc) is 2.19. The lowest BCUT2D eigenvalue weighted by Gasteiger charge is -2.24. The quantitative estimate of drug-likeness (QED) is 0.445. The second-order valence-corrected chi connectivity index (χ2v) is 7.04. The van der Waals surface area contributed by atoms with Crippen molar-refractivity contribution in [1.29, 1.82) is 0 Å². The summed E-state index contributed by atoms with van der Waals surface area (Å²) in [7, 11) is -0.176.